The fraction of sp³-hybridized carbons (Fsp3) is 0.308. The molecule has 6 nitrogen and oxygen atoms in total. The fourth-order valence-electron chi connectivity index (χ4n) is 1.83. The molecule has 2 N–H and O–H groups in total. The van der Waals surface area contributed by atoms with Crippen LogP contribution in [0.1, 0.15) is 35.9 Å². The molecule has 0 aliphatic heterocycles. The highest BCUT2D eigenvalue weighted by Crippen LogP contribution is 2.14. The summed E-state index contributed by atoms with van der Waals surface area (Å²) in [5, 5.41) is 6.88. The van der Waals surface area contributed by atoms with Crippen LogP contribution in [0.2, 0.25) is 0 Å². The van der Waals surface area contributed by atoms with Crippen molar-refractivity contribution in [3.8, 4) is 0 Å². The zero-order valence-corrected chi connectivity index (χ0v) is 11.1. The Morgan fingerprint density at radius 3 is 2.79 bits per heavy atom. The van der Waals surface area contributed by atoms with E-state index in [0.717, 1.165) is 0 Å². The van der Waals surface area contributed by atoms with Crippen LogP contribution in [0.15, 0.2) is 29.2 Å². The number of amides is 1. The molecule has 0 unspecified atom stereocenters. The second-order valence-electron chi connectivity index (χ2n) is 4.63. The van der Waals surface area contributed by atoms with Crippen molar-refractivity contribution in [1.82, 2.24) is 14.8 Å². The standard InChI is InChI=1S/C13H16N4O2/c1-8(2)17-11(4-5-14-17)16-13(19)10-6-9(3)15-12(18)7-10/h4-8H,1-3H3,(H,15,18)(H,16,19). The third-order valence-corrected chi connectivity index (χ3v) is 2.64. The van der Waals surface area contributed by atoms with Gasteiger partial charge < -0.3 is 10.3 Å². The lowest BCUT2D eigenvalue weighted by atomic mass is 10.2. The lowest BCUT2D eigenvalue weighted by molar-refractivity contribution is 0.102. The number of aryl methyl sites for hydroxylation is 1. The number of hydrogen-bond acceptors (Lipinski definition) is 3. The molecule has 1 amide bonds. The van der Waals surface area contributed by atoms with Crippen molar-refractivity contribution >= 4 is 11.7 Å². The summed E-state index contributed by atoms with van der Waals surface area (Å²) in [5.74, 6) is 0.287. The number of anilines is 1. The van der Waals surface area contributed by atoms with E-state index in [1.165, 1.54) is 6.07 Å². The molecule has 0 fully saturated rings. The van der Waals surface area contributed by atoms with Crippen molar-refractivity contribution in [2.75, 3.05) is 5.32 Å². The molecule has 0 aromatic carbocycles. The first-order chi connectivity index (χ1) is 8.97. The van der Waals surface area contributed by atoms with Crippen molar-refractivity contribution in [2.45, 2.75) is 26.8 Å². The second kappa shape index (κ2) is 5.09. The van der Waals surface area contributed by atoms with E-state index in [4.69, 9.17) is 0 Å². The molecule has 2 aromatic rings. The number of aromatic amines is 1. The molecule has 0 saturated carbocycles. The van der Waals surface area contributed by atoms with Gasteiger partial charge in [0, 0.05) is 29.4 Å². The van der Waals surface area contributed by atoms with Crippen LogP contribution in [-0.2, 0) is 0 Å². The van der Waals surface area contributed by atoms with Gasteiger partial charge in [-0.3, -0.25) is 9.59 Å². The number of rotatable bonds is 3. The molecule has 0 spiro atoms. The zero-order valence-electron chi connectivity index (χ0n) is 11.1. The number of nitrogens with one attached hydrogen (secondary N) is 2. The Balaban J connectivity index is 2.26. The SMILES string of the molecule is Cc1cc(C(=O)Nc2ccnn2C(C)C)cc(=O)[nH]1. The molecule has 2 aromatic heterocycles. The van der Waals surface area contributed by atoms with E-state index in [2.05, 4.69) is 15.4 Å². The number of carbonyl (C=O) groups excluding carboxylic acids is 1. The Hall–Kier alpha value is -2.37. The van der Waals surface area contributed by atoms with Crippen LogP contribution >= 0.6 is 0 Å². The van der Waals surface area contributed by atoms with Gasteiger partial charge in [-0.05, 0) is 26.8 Å². The minimum absolute atomic E-state index is 0.145. The first kappa shape index (κ1) is 13.1. The van der Waals surface area contributed by atoms with E-state index in [-0.39, 0.29) is 17.5 Å². The van der Waals surface area contributed by atoms with Gasteiger partial charge >= 0.3 is 0 Å². The van der Waals surface area contributed by atoms with Gasteiger partial charge in [-0.25, -0.2) is 4.68 Å². The summed E-state index contributed by atoms with van der Waals surface area (Å²) in [5.41, 5.74) is 0.690. The predicted molar refractivity (Wildman–Crippen MR) is 72.4 cm³/mol. The molecule has 100 valence electrons. The van der Waals surface area contributed by atoms with Gasteiger partial charge in [0.1, 0.15) is 5.82 Å². The summed E-state index contributed by atoms with van der Waals surface area (Å²) in [4.78, 5) is 26.0. The third kappa shape index (κ3) is 2.90. The number of H-pyrrole nitrogens is 1. The van der Waals surface area contributed by atoms with Crippen LogP contribution in [0.3, 0.4) is 0 Å². The van der Waals surface area contributed by atoms with Crippen molar-refractivity contribution < 1.29 is 4.79 Å². The highest BCUT2D eigenvalue weighted by Gasteiger charge is 2.12. The lowest BCUT2D eigenvalue weighted by Gasteiger charge is -2.11. The largest absolute Gasteiger partial charge is 0.326 e. The van der Waals surface area contributed by atoms with Crippen molar-refractivity contribution in [1.29, 1.82) is 0 Å². The van der Waals surface area contributed by atoms with Gasteiger partial charge in [-0.15, -0.1) is 0 Å². The minimum Gasteiger partial charge on any atom is -0.326 e. The average molecular weight is 260 g/mol. The van der Waals surface area contributed by atoms with Gasteiger partial charge in [0.25, 0.3) is 5.91 Å². The molecule has 2 rings (SSSR count). The number of hydrogen-bond donors (Lipinski definition) is 2. The summed E-state index contributed by atoms with van der Waals surface area (Å²) >= 11 is 0. The summed E-state index contributed by atoms with van der Waals surface area (Å²) in [7, 11) is 0. The molecule has 19 heavy (non-hydrogen) atoms. The van der Waals surface area contributed by atoms with E-state index in [0.29, 0.717) is 17.1 Å². The molecule has 0 saturated heterocycles. The first-order valence-corrected chi connectivity index (χ1v) is 6.03. The third-order valence-electron chi connectivity index (χ3n) is 2.64. The Labute approximate surface area is 110 Å². The van der Waals surface area contributed by atoms with Gasteiger partial charge in [0.2, 0.25) is 5.56 Å². The molecule has 6 heteroatoms. The molecule has 0 aliphatic carbocycles. The van der Waals surface area contributed by atoms with E-state index >= 15 is 0 Å². The summed E-state index contributed by atoms with van der Waals surface area (Å²) in [6, 6.07) is 4.77. The Kier molecular flexibility index (Phi) is 3.50. The number of pyridine rings is 1. The van der Waals surface area contributed by atoms with Gasteiger partial charge in [-0.2, -0.15) is 5.10 Å². The highest BCUT2D eigenvalue weighted by atomic mass is 16.2. The Bertz CT molecular complexity index is 655. The molecule has 0 atom stereocenters. The smallest absolute Gasteiger partial charge is 0.257 e. The van der Waals surface area contributed by atoms with Crippen LogP contribution in [0.4, 0.5) is 5.82 Å². The lowest BCUT2D eigenvalue weighted by Crippen LogP contribution is -2.19. The van der Waals surface area contributed by atoms with Crippen LogP contribution in [0, 0.1) is 6.92 Å². The topological polar surface area (TPSA) is 79.8 Å². The average Bonchev–Trinajstić information content (AvgIpc) is 2.75. The van der Waals surface area contributed by atoms with E-state index in [1.54, 1.807) is 29.9 Å². The van der Waals surface area contributed by atoms with Crippen LogP contribution in [0.5, 0.6) is 0 Å². The summed E-state index contributed by atoms with van der Waals surface area (Å²) in [6.07, 6.45) is 1.62. The summed E-state index contributed by atoms with van der Waals surface area (Å²) < 4.78 is 1.71. The minimum atomic E-state index is -0.323. The molecule has 2 heterocycles. The molecular weight excluding hydrogens is 244 g/mol. The van der Waals surface area contributed by atoms with Gasteiger partial charge in [-0.1, -0.05) is 0 Å². The van der Waals surface area contributed by atoms with Gasteiger partial charge in [0.05, 0.1) is 6.20 Å². The monoisotopic (exact) mass is 260 g/mol. The summed E-state index contributed by atoms with van der Waals surface area (Å²) in [6.45, 7) is 5.68. The fourth-order valence-corrected chi connectivity index (χ4v) is 1.83. The van der Waals surface area contributed by atoms with E-state index < -0.39 is 0 Å². The van der Waals surface area contributed by atoms with Crippen molar-refractivity contribution in [3.63, 3.8) is 0 Å². The highest BCUT2D eigenvalue weighted by molar-refractivity contribution is 6.03. The number of nitrogens with zero attached hydrogens (tertiary/aromatic N) is 2. The van der Waals surface area contributed by atoms with Crippen LogP contribution in [-0.4, -0.2) is 20.7 Å². The molecule has 0 radical (unpaired) electrons. The maximum absolute atomic E-state index is 12.1. The first-order valence-electron chi connectivity index (χ1n) is 6.03. The van der Waals surface area contributed by atoms with Crippen molar-refractivity contribution in [3.05, 3.63) is 46.0 Å². The molecular formula is C13H16N4O2. The quantitative estimate of drug-likeness (QED) is 0.881. The normalized spacial score (nSPS) is 10.7. The molecule has 0 bridgehead atoms. The van der Waals surface area contributed by atoms with E-state index in [1.807, 2.05) is 13.8 Å². The maximum Gasteiger partial charge on any atom is 0.257 e. The molecule has 0 aliphatic rings. The van der Waals surface area contributed by atoms with Crippen LogP contribution < -0.4 is 10.9 Å². The van der Waals surface area contributed by atoms with Gasteiger partial charge in [0.15, 0.2) is 0 Å². The van der Waals surface area contributed by atoms with E-state index in [9.17, 15) is 9.59 Å². The predicted octanol–water partition coefficient (Wildman–Crippen LogP) is 1.71. The Morgan fingerprint density at radius 1 is 1.42 bits per heavy atom. The number of aromatic nitrogens is 3. The Morgan fingerprint density at radius 2 is 2.16 bits per heavy atom. The maximum atomic E-state index is 12.1. The zero-order chi connectivity index (χ0) is 14.0. The number of carbonyl (C=O) groups is 1. The van der Waals surface area contributed by atoms with Crippen LogP contribution in [0.25, 0.3) is 0 Å². The van der Waals surface area contributed by atoms with Crippen molar-refractivity contribution in [2.24, 2.45) is 0 Å². The second-order valence-corrected chi connectivity index (χ2v) is 4.63.